The molecule has 0 aromatic carbocycles. The number of nitrogens with two attached hydrogens (primary N) is 1. The van der Waals surface area contributed by atoms with Gasteiger partial charge < -0.3 is 10.2 Å². The summed E-state index contributed by atoms with van der Waals surface area (Å²) in [6, 6.07) is 3.74. The molecule has 0 aliphatic rings. The normalized spacial score (nSPS) is 8.50. The highest BCUT2D eigenvalue weighted by Gasteiger charge is 1.87. The number of rotatable bonds is 1. The Hall–Kier alpha value is -1.20. The lowest BCUT2D eigenvalue weighted by Crippen LogP contribution is -1.93. The van der Waals surface area contributed by atoms with Gasteiger partial charge in [0.15, 0.2) is 0 Å². The minimum atomic E-state index is 0.417. The second-order valence-electron chi connectivity index (χ2n) is 1.81. The summed E-state index contributed by atoms with van der Waals surface area (Å²) >= 11 is 0. The Morgan fingerprint density at radius 2 is 2.40 bits per heavy atom. The molecule has 52 valence electrons. The maximum absolute atomic E-state index is 5.16. The molecular weight excluding hydrogens is 126 g/mol. The molecule has 1 aromatic heterocycles. The Labute approximate surface area is 60.0 Å². The van der Waals surface area contributed by atoms with Gasteiger partial charge in [-0.15, -0.1) is 0 Å². The summed E-state index contributed by atoms with van der Waals surface area (Å²) in [5, 5.41) is 0. The first kappa shape index (κ1) is 6.91. The molecule has 0 saturated heterocycles. The average Bonchev–Trinajstić information content (AvgIpc) is 2.41. The van der Waals surface area contributed by atoms with E-state index >= 15 is 0 Å². The summed E-state index contributed by atoms with van der Waals surface area (Å²) in [6.07, 6.45) is 2.30. The third kappa shape index (κ3) is 1.96. The second kappa shape index (κ2) is 3.76. The summed E-state index contributed by atoms with van der Waals surface area (Å²) in [7, 11) is 0. The summed E-state index contributed by atoms with van der Waals surface area (Å²) < 4.78 is 5.04. The molecule has 0 fully saturated rings. The Morgan fingerprint density at radius 1 is 1.50 bits per heavy atom. The van der Waals surface area contributed by atoms with E-state index in [9.17, 15) is 0 Å². The van der Waals surface area contributed by atoms with Crippen LogP contribution in [-0.4, -0.2) is 6.54 Å². The van der Waals surface area contributed by atoms with E-state index in [1.807, 2.05) is 12.1 Å². The number of hydrogen-bond acceptors (Lipinski definition) is 2. The number of furan rings is 1. The van der Waals surface area contributed by atoms with Crippen molar-refractivity contribution < 1.29 is 4.42 Å². The van der Waals surface area contributed by atoms with Crippen LogP contribution in [0.25, 0.3) is 0 Å². The van der Waals surface area contributed by atoms with E-state index in [0.29, 0.717) is 13.0 Å². The van der Waals surface area contributed by atoms with E-state index in [1.165, 1.54) is 0 Å². The molecule has 10 heavy (non-hydrogen) atoms. The van der Waals surface area contributed by atoms with E-state index in [1.54, 1.807) is 6.26 Å². The van der Waals surface area contributed by atoms with Crippen molar-refractivity contribution in [2.45, 2.75) is 6.42 Å². The third-order valence-electron chi connectivity index (χ3n) is 1.07. The largest absolute Gasteiger partial charge is 0.468 e. The van der Waals surface area contributed by atoms with Crippen LogP contribution >= 0.6 is 0 Å². The lowest BCUT2D eigenvalue weighted by Gasteiger charge is -1.81. The van der Waals surface area contributed by atoms with E-state index < -0.39 is 0 Å². The zero-order chi connectivity index (χ0) is 7.23. The second-order valence-corrected chi connectivity index (χ2v) is 1.81. The molecule has 1 aromatic rings. The van der Waals surface area contributed by atoms with Crippen molar-refractivity contribution in [3.8, 4) is 11.8 Å². The van der Waals surface area contributed by atoms with Crippen LogP contribution in [0.4, 0.5) is 0 Å². The summed E-state index contributed by atoms with van der Waals surface area (Å²) in [6.45, 7) is 0.417. The molecule has 1 rings (SSSR count). The lowest BCUT2D eigenvalue weighted by molar-refractivity contribution is 0.525. The Kier molecular flexibility index (Phi) is 2.60. The van der Waals surface area contributed by atoms with E-state index in [4.69, 9.17) is 10.2 Å². The average molecular weight is 135 g/mol. The SMILES string of the molecule is NCC#CCc1ccco1. The van der Waals surface area contributed by atoms with Crippen LogP contribution < -0.4 is 5.73 Å². The molecule has 0 spiro atoms. The van der Waals surface area contributed by atoms with Crippen LogP contribution in [0.1, 0.15) is 5.76 Å². The third-order valence-corrected chi connectivity index (χ3v) is 1.07. The standard InChI is InChI=1S/C8H9NO/c9-6-2-1-4-8-5-3-7-10-8/h3,5,7H,4,6,9H2. The molecule has 0 unspecified atom stereocenters. The summed E-state index contributed by atoms with van der Waals surface area (Å²) in [5.74, 6) is 6.51. The minimum Gasteiger partial charge on any atom is -0.468 e. The van der Waals surface area contributed by atoms with Gasteiger partial charge in [0.25, 0.3) is 0 Å². The molecule has 0 radical (unpaired) electrons. The quantitative estimate of drug-likeness (QED) is 0.578. The van der Waals surface area contributed by atoms with Gasteiger partial charge in [-0.05, 0) is 12.1 Å². The van der Waals surface area contributed by atoms with Crippen molar-refractivity contribution in [2.24, 2.45) is 5.73 Å². The zero-order valence-electron chi connectivity index (χ0n) is 5.63. The molecule has 0 bridgehead atoms. The molecule has 2 N–H and O–H groups in total. The molecule has 0 atom stereocenters. The zero-order valence-corrected chi connectivity index (χ0v) is 5.63. The Bertz CT molecular complexity index is 228. The first-order chi connectivity index (χ1) is 4.93. The van der Waals surface area contributed by atoms with Gasteiger partial charge in [-0.1, -0.05) is 11.8 Å². The maximum atomic E-state index is 5.16. The summed E-state index contributed by atoms with van der Waals surface area (Å²) in [4.78, 5) is 0. The van der Waals surface area contributed by atoms with Gasteiger partial charge in [-0.3, -0.25) is 0 Å². The van der Waals surface area contributed by atoms with E-state index in [0.717, 1.165) is 5.76 Å². The highest BCUT2D eigenvalue weighted by atomic mass is 16.3. The van der Waals surface area contributed by atoms with Gasteiger partial charge in [0, 0.05) is 0 Å². The van der Waals surface area contributed by atoms with Crippen LogP contribution in [0.3, 0.4) is 0 Å². The molecule has 0 aliphatic carbocycles. The van der Waals surface area contributed by atoms with E-state index in [2.05, 4.69) is 11.8 Å². The van der Waals surface area contributed by atoms with Gasteiger partial charge >= 0.3 is 0 Å². The highest BCUT2D eigenvalue weighted by molar-refractivity contribution is 5.10. The molecule has 0 amide bonds. The first-order valence-corrected chi connectivity index (χ1v) is 3.11. The van der Waals surface area contributed by atoms with Gasteiger partial charge in [-0.2, -0.15) is 0 Å². The molecule has 0 saturated carbocycles. The lowest BCUT2D eigenvalue weighted by atomic mass is 10.3. The van der Waals surface area contributed by atoms with Crippen molar-refractivity contribution in [2.75, 3.05) is 6.54 Å². The molecule has 0 aliphatic heterocycles. The predicted octanol–water partition coefficient (Wildman–Crippen LogP) is 0.784. The highest BCUT2D eigenvalue weighted by Crippen LogP contribution is 1.98. The topological polar surface area (TPSA) is 39.2 Å². The van der Waals surface area contributed by atoms with Crippen LogP contribution in [0, 0.1) is 11.8 Å². The minimum absolute atomic E-state index is 0.417. The van der Waals surface area contributed by atoms with Crippen molar-refractivity contribution in [1.29, 1.82) is 0 Å². The predicted molar refractivity (Wildman–Crippen MR) is 39.2 cm³/mol. The van der Waals surface area contributed by atoms with Gasteiger partial charge in [0.05, 0.1) is 19.2 Å². The van der Waals surface area contributed by atoms with Crippen molar-refractivity contribution >= 4 is 0 Å². The Balaban J connectivity index is 2.41. The van der Waals surface area contributed by atoms with E-state index in [-0.39, 0.29) is 0 Å². The van der Waals surface area contributed by atoms with Crippen molar-refractivity contribution in [3.63, 3.8) is 0 Å². The Morgan fingerprint density at radius 3 is 3.00 bits per heavy atom. The van der Waals surface area contributed by atoms with Gasteiger partial charge in [-0.25, -0.2) is 0 Å². The van der Waals surface area contributed by atoms with Crippen LogP contribution in [0.5, 0.6) is 0 Å². The maximum Gasteiger partial charge on any atom is 0.115 e. The molecule has 1 heterocycles. The first-order valence-electron chi connectivity index (χ1n) is 3.11. The van der Waals surface area contributed by atoms with Gasteiger partial charge in [0.1, 0.15) is 5.76 Å². The fraction of sp³-hybridized carbons (Fsp3) is 0.250. The smallest absolute Gasteiger partial charge is 0.115 e. The monoisotopic (exact) mass is 135 g/mol. The fourth-order valence-electron chi connectivity index (χ4n) is 0.635. The fourth-order valence-corrected chi connectivity index (χ4v) is 0.635. The molecule has 2 heteroatoms. The van der Waals surface area contributed by atoms with Crippen molar-refractivity contribution in [1.82, 2.24) is 0 Å². The number of hydrogen-bond donors (Lipinski definition) is 1. The van der Waals surface area contributed by atoms with Gasteiger partial charge in [0.2, 0.25) is 0 Å². The molecular formula is C8H9NO. The summed E-state index contributed by atoms with van der Waals surface area (Å²) in [5.41, 5.74) is 5.16. The van der Waals surface area contributed by atoms with Crippen LogP contribution in [0.15, 0.2) is 22.8 Å². The molecule has 2 nitrogen and oxygen atoms in total. The van der Waals surface area contributed by atoms with Crippen LogP contribution in [-0.2, 0) is 6.42 Å². The van der Waals surface area contributed by atoms with Crippen molar-refractivity contribution in [3.05, 3.63) is 24.2 Å². The van der Waals surface area contributed by atoms with Crippen LogP contribution in [0.2, 0.25) is 0 Å².